The number of aliphatic hydroxyl groups excluding tert-OH is 1. The Morgan fingerprint density at radius 2 is 2.04 bits per heavy atom. The zero-order valence-electron chi connectivity index (χ0n) is 13.7. The third-order valence-corrected chi connectivity index (χ3v) is 4.43. The van der Waals surface area contributed by atoms with Gasteiger partial charge in [-0.2, -0.15) is 11.3 Å². The highest BCUT2D eigenvalue weighted by Crippen LogP contribution is 2.25. The smallest absolute Gasteiger partial charge is 0.341 e. The van der Waals surface area contributed by atoms with E-state index in [1.165, 1.54) is 22.7 Å². The number of hydrogen-bond donors (Lipinski definition) is 3. The highest BCUT2D eigenvalue weighted by molar-refractivity contribution is 7.14. The molecule has 0 saturated heterocycles. The fraction of sp³-hybridized carbons (Fsp3) is 0.375. The summed E-state index contributed by atoms with van der Waals surface area (Å²) in [5.74, 6) is -0.489. The van der Waals surface area contributed by atoms with Gasteiger partial charge in [0.25, 0.3) is 0 Å². The zero-order chi connectivity index (χ0) is 17.7. The SMILES string of the molecule is CC(C)(C)OC(=O)c1ccsc1NC(=O)NC[C@H](O)c1ccsc1. The molecule has 0 fully saturated rings. The van der Waals surface area contributed by atoms with E-state index in [4.69, 9.17) is 4.74 Å². The van der Waals surface area contributed by atoms with Crippen LogP contribution in [0.3, 0.4) is 0 Å². The van der Waals surface area contributed by atoms with E-state index in [2.05, 4.69) is 10.6 Å². The van der Waals surface area contributed by atoms with Gasteiger partial charge in [-0.25, -0.2) is 9.59 Å². The first kappa shape index (κ1) is 18.4. The van der Waals surface area contributed by atoms with Crippen molar-refractivity contribution in [1.82, 2.24) is 5.32 Å². The molecule has 2 heterocycles. The highest BCUT2D eigenvalue weighted by atomic mass is 32.1. The molecule has 0 bridgehead atoms. The van der Waals surface area contributed by atoms with Gasteiger partial charge in [-0.3, -0.25) is 5.32 Å². The van der Waals surface area contributed by atoms with E-state index in [1.807, 2.05) is 10.8 Å². The molecule has 2 aromatic heterocycles. The lowest BCUT2D eigenvalue weighted by molar-refractivity contribution is 0.00713. The van der Waals surface area contributed by atoms with Crippen LogP contribution in [0.25, 0.3) is 0 Å². The van der Waals surface area contributed by atoms with E-state index in [0.717, 1.165) is 5.56 Å². The van der Waals surface area contributed by atoms with E-state index in [-0.39, 0.29) is 6.54 Å². The van der Waals surface area contributed by atoms with Gasteiger partial charge in [0.1, 0.15) is 10.6 Å². The molecule has 0 saturated carbocycles. The number of nitrogens with one attached hydrogen (secondary N) is 2. The van der Waals surface area contributed by atoms with Gasteiger partial charge in [-0.05, 0) is 54.6 Å². The lowest BCUT2D eigenvalue weighted by atomic mass is 10.2. The summed E-state index contributed by atoms with van der Waals surface area (Å²) in [7, 11) is 0. The zero-order valence-corrected chi connectivity index (χ0v) is 15.3. The number of aliphatic hydroxyl groups is 1. The van der Waals surface area contributed by atoms with Gasteiger partial charge in [0.15, 0.2) is 0 Å². The molecule has 6 nitrogen and oxygen atoms in total. The average molecular weight is 368 g/mol. The van der Waals surface area contributed by atoms with Crippen LogP contribution < -0.4 is 10.6 Å². The van der Waals surface area contributed by atoms with E-state index >= 15 is 0 Å². The first-order valence-electron chi connectivity index (χ1n) is 7.32. The van der Waals surface area contributed by atoms with E-state index in [9.17, 15) is 14.7 Å². The molecule has 0 aromatic carbocycles. The molecule has 3 N–H and O–H groups in total. The summed E-state index contributed by atoms with van der Waals surface area (Å²) in [4.78, 5) is 24.1. The van der Waals surface area contributed by atoms with Crippen molar-refractivity contribution < 1.29 is 19.4 Å². The van der Waals surface area contributed by atoms with Crippen molar-refractivity contribution in [2.75, 3.05) is 11.9 Å². The van der Waals surface area contributed by atoms with Crippen LogP contribution in [-0.2, 0) is 4.74 Å². The van der Waals surface area contributed by atoms with E-state index in [0.29, 0.717) is 10.6 Å². The lowest BCUT2D eigenvalue weighted by Gasteiger charge is -2.19. The second-order valence-electron chi connectivity index (χ2n) is 6.07. The molecule has 0 radical (unpaired) electrons. The molecule has 0 aliphatic heterocycles. The van der Waals surface area contributed by atoms with Crippen LogP contribution >= 0.6 is 22.7 Å². The molecule has 130 valence electrons. The predicted molar refractivity (Wildman–Crippen MR) is 95.8 cm³/mol. The number of esters is 1. The predicted octanol–water partition coefficient (Wildman–Crippen LogP) is 3.62. The van der Waals surface area contributed by atoms with Gasteiger partial charge in [0.05, 0.1) is 11.7 Å². The first-order chi connectivity index (χ1) is 11.3. The average Bonchev–Trinajstić information content (AvgIpc) is 3.14. The van der Waals surface area contributed by atoms with Crippen LogP contribution in [0.4, 0.5) is 9.80 Å². The van der Waals surface area contributed by atoms with Crippen molar-refractivity contribution in [3.63, 3.8) is 0 Å². The summed E-state index contributed by atoms with van der Waals surface area (Å²) in [6, 6.07) is 2.92. The third kappa shape index (κ3) is 5.33. The second kappa shape index (κ2) is 7.78. The molecule has 0 unspecified atom stereocenters. The number of anilines is 1. The maximum absolute atomic E-state index is 12.1. The molecule has 2 rings (SSSR count). The number of carbonyl (C=O) groups is 2. The summed E-state index contributed by atoms with van der Waals surface area (Å²) in [5, 5.41) is 20.9. The van der Waals surface area contributed by atoms with Gasteiger partial charge in [-0.15, -0.1) is 11.3 Å². The Hall–Kier alpha value is -1.90. The van der Waals surface area contributed by atoms with Crippen LogP contribution in [0, 0.1) is 0 Å². The number of carbonyl (C=O) groups excluding carboxylic acids is 2. The summed E-state index contributed by atoms with van der Waals surface area (Å²) in [6.07, 6.45) is -0.768. The van der Waals surface area contributed by atoms with Crippen molar-refractivity contribution >= 4 is 39.7 Å². The Morgan fingerprint density at radius 1 is 1.29 bits per heavy atom. The van der Waals surface area contributed by atoms with Crippen LogP contribution in [0.1, 0.15) is 42.8 Å². The Balaban J connectivity index is 1.91. The Morgan fingerprint density at radius 3 is 2.67 bits per heavy atom. The molecule has 0 spiro atoms. The molecule has 2 aromatic rings. The molecule has 24 heavy (non-hydrogen) atoms. The number of ether oxygens (including phenoxy) is 1. The standard InChI is InChI=1S/C16H20N2O4S2/c1-16(2,3)22-14(20)11-5-7-24-13(11)18-15(21)17-8-12(19)10-4-6-23-9-10/h4-7,9,12,19H,8H2,1-3H3,(H2,17,18,21)/t12-/m0/s1. The van der Waals surface area contributed by atoms with Gasteiger partial charge in [0, 0.05) is 6.54 Å². The minimum absolute atomic E-state index is 0.0791. The quantitative estimate of drug-likeness (QED) is 0.704. The summed E-state index contributed by atoms with van der Waals surface area (Å²) in [6.45, 7) is 5.42. The molecular formula is C16H20N2O4S2. The number of thiophene rings is 2. The van der Waals surface area contributed by atoms with Crippen LogP contribution in [0.2, 0.25) is 0 Å². The van der Waals surface area contributed by atoms with Crippen LogP contribution in [-0.4, -0.2) is 29.3 Å². The van der Waals surface area contributed by atoms with Gasteiger partial charge >= 0.3 is 12.0 Å². The highest BCUT2D eigenvalue weighted by Gasteiger charge is 2.22. The van der Waals surface area contributed by atoms with Crippen LogP contribution in [0.15, 0.2) is 28.3 Å². The number of urea groups is 1. The maximum Gasteiger partial charge on any atom is 0.341 e. The topological polar surface area (TPSA) is 87.7 Å². The van der Waals surface area contributed by atoms with Crippen molar-refractivity contribution in [2.24, 2.45) is 0 Å². The van der Waals surface area contributed by atoms with Crippen molar-refractivity contribution in [2.45, 2.75) is 32.5 Å². The summed E-state index contributed by atoms with van der Waals surface area (Å²) < 4.78 is 5.31. The number of hydrogen-bond acceptors (Lipinski definition) is 6. The Bertz CT molecular complexity index is 689. The lowest BCUT2D eigenvalue weighted by Crippen LogP contribution is -2.32. The van der Waals surface area contributed by atoms with Crippen LogP contribution in [0.5, 0.6) is 0 Å². The maximum atomic E-state index is 12.1. The Labute approximate surface area is 148 Å². The van der Waals surface area contributed by atoms with Crippen molar-refractivity contribution in [3.8, 4) is 0 Å². The van der Waals surface area contributed by atoms with Gasteiger partial charge in [0.2, 0.25) is 0 Å². The summed E-state index contributed by atoms with van der Waals surface area (Å²) in [5.41, 5.74) is 0.456. The molecule has 1 atom stereocenters. The van der Waals surface area contributed by atoms with Crippen molar-refractivity contribution in [1.29, 1.82) is 0 Å². The fourth-order valence-corrected chi connectivity index (χ4v) is 3.30. The third-order valence-electron chi connectivity index (χ3n) is 2.90. The fourth-order valence-electron chi connectivity index (χ4n) is 1.82. The minimum Gasteiger partial charge on any atom is -0.456 e. The van der Waals surface area contributed by atoms with Gasteiger partial charge in [-0.1, -0.05) is 0 Å². The minimum atomic E-state index is -0.768. The molecule has 0 aliphatic rings. The Kier molecular flexibility index (Phi) is 5.98. The normalized spacial score (nSPS) is 12.5. The summed E-state index contributed by atoms with van der Waals surface area (Å²) >= 11 is 2.71. The van der Waals surface area contributed by atoms with E-state index < -0.39 is 23.7 Å². The molecule has 8 heteroatoms. The van der Waals surface area contributed by atoms with Gasteiger partial charge < -0.3 is 15.2 Å². The largest absolute Gasteiger partial charge is 0.456 e. The van der Waals surface area contributed by atoms with Crippen molar-refractivity contribution in [3.05, 3.63) is 39.4 Å². The second-order valence-corrected chi connectivity index (χ2v) is 7.77. The molecule has 0 aliphatic carbocycles. The molecular weight excluding hydrogens is 348 g/mol. The monoisotopic (exact) mass is 368 g/mol. The number of rotatable bonds is 5. The first-order valence-corrected chi connectivity index (χ1v) is 9.14. The number of amides is 2. The van der Waals surface area contributed by atoms with E-state index in [1.54, 1.807) is 38.3 Å². The molecule has 2 amide bonds.